The van der Waals surface area contributed by atoms with Gasteiger partial charge in [0, 0.05) is 19.2 Å². The second-order valence-electron chi connectivity index (χ2n) is 5.82. The molecule has 23 heavy (non-hydrogen) atoms. The fourth-order valence-corrected chi connectivity index (χ4v) is 2.86. The number of carbonyl (C=O) groups excluding carboxylic acids is 1. The van der Waals surface area contributed by atoms with Crippen molar-refractivity contribution in [2.45, 2.75) is 38.1 Å². The molecule has 0 spiro atoms. The molecule has 0 aromatic carbocycles. The van der Waals surface area contributed by atoms with Gasteiger partial charge in [-0.25, -0.2) is 9.97 Å². The van der Waals surface area contributed by atoms with Crippen LogP contribution in [0.25, 0.3) is 11.4 Å². The largest absolute Gasteiger partial charge is 0.481 e. The standard InChI is InChI=1S/C16H21N5O2/c1-21-10-17-9-13(21)12-8-14(23-2)20-15(19-12)16(22)18-11-6-4-3-5-7-11/h8-11H,3-7H2,1-2H3,(H,18,22). The highest BCUT2D eigenvalue weighted by Gasteiger charge is 2.20. The summed E-state index contributed by atoms with van der Waals surface area (Å²) in [6.45, 7) is 0. The van der Waals surface area contributed by atoms with E-state index in [9.17, 15) is 4.79 Å². The Morgan fingerprint density at radius 2 is 2.09 bits per heavy atom. The number of hydrogen-bond donors (Lipinski definition) is 1. The second kappa shape index (κ2) is 6.76. The Bertz CT molecular complexity index is 692. The molecule has 122 valence electrons. The Kier molecular flexibility index (Phi) is 4.55. The fourth-order valence-electron chi connectivity index (χ4n) is 2.86. The first kappa shape index (κ1) is 15.5. The van der Waals surface area contributed by atoms with Crippen molar-refractivity contribution < 1.29 is 9.53 Å². The number of aryl methyl sites for hydroxylation is 1. The van der Waals surface area contributed by atoms with E-state index in [0.29, 0.717) is 11.6 Å². The van der Waals surface area contributed by atoms with Gasteiger partial charge in [0.1, 0.15) is 0 Å². The summed E-state index contributed by atoms with van der Waals surface area (Å²) in [5.41, 5.74) is 1.42. The van der Waals surface area contributed by atoms with Crippen LogP contribution < -0.4 is 10.1 Å². The van der Waals surface area contributed by atoms with Gasteiger partial charge in [-0.3, -0.25) is 4.79 Å². The number of nitrogens with one attached hydrogen (secondary N) is 1. The van der Waals surface area contributed by atoms with Gasteiger partial charge in [-0.1, -0.05) is 19.3 Å². The molecule has 3 rings (SSSR count). The molecule has 2 heterocycles. The van der Waals surface area contributed by atoms with Gasteiger partial charge >= 0.3 is 0 Å². The molecule has 0 unspecified atom stereocenters. The number of imidazole rings is 1. The quantitative estimate of drug-likeness (QED) is 0.932. The van der Waals surface area contributed by atoms with Crippen LogP contribution in [0.3, 0.4) is 0 Å². The van der Waals surface area contributed by atoms with Gasteiger partial charge in [-0.2, -0.15) is 4.98 Å². The molecule has 7 nitrogen and oxygen atoms in total. The number of hydrogen-bond acceptors (Lipinski definition) is 5. The lowest BCUT2D eigenvalue weighted by Gasteiger charge is -2.22. The van der Waals surface area contributed by atoms with E-state index in [1.165, 1.54) is 13.5 Å². The third-order valence-electron chi connectivity index (χ3n) is 4.13. The highest BCUT2D eigenvalue weighted by Crippen LogP contribution is 2.21. The normalized spacial score (nSPS) is 15.4. The zero-order chi connectivity index (χ0) is 16.2. The van der Waals surface area contributed by atoms with E-state index in [0.717, 1.165) is 31.4 Å². The Morgan fingerprint density at radius 1 is 1.30 bits per heavy atom. The van der Waals surface area contributed by atoms with Gasteiger partial charge in [0.15, 0.2) is 0 Å². The molecule has 2 aromatic rings. The lowest BCUT2D eigenvalue weighted by molar-refractivity contribution is 0.0916. The van der Waals surface area contributed by atoms with Gasteiger partial charge in [-0.05, 0) is 12.8 Å². The molecule has 1 saturated carbocycles. The first-order valence-electron chi connectivity index (χ1n) is 7.88. The van der Waals surface area contributed by atoms with E-state index in [-0.39, 0.29) is 17.8 Å². The average Bonchev–Trinajstić information content (AvgIpc) is 3.01. The lowest BCUT2D eigenvalue weighted by atomic mass is 9.95. The lowest BCUT2D eigenvalue weighted by Crippen LogP contribution is -2.37. The molecular formula is C16H21N5O2. The molecule has 0 atom stereocenters. The molecule has 1 N–H and O–H groups in total. The maximum atomic E-state index is 12.5. The third-order valence-corrected chi connectivity index (χ3v) is 4.13. The number of methoxy groups -OCH3 is 1. The first-order valence-corrected chi connectivity index (χ1v) is 7.88. The zero-order valence-corrected chi connectivity index (χ0v) is 13.5. The molecule has 0 saturated heterocycles. The minimum Gasteiger partial charge on any atom is -0.481 e. The molecule has 1 fully saturated rings. The van der Waals surface area contributed by atoms with E-state index in [4.69, 9.17) is 4.74 Å². The Morgan fingerprint density at radius 3 is 2.74 bits per heavy atom. The number of amides is 1. The highest BCUT2D eigenvalue weighted by atomic mass is 16.5. The average molecular weight is 315 g/mol. The van der Waals surface area contributed by atoms with Crippen LogP contribution in [-0.2, 0) is 7.05 Å². The molecule has 0 radical (unpaired) electrons. The van der Waals surface area contributed by atoms with Crippen LogP contribution in [0.2, 0.25) is 0 Å². The molecule has 1 aliphatic rings. The summed E-state index contributed by atoms with van der Waals surface area (Å²) in [6.07, 6.45) is 8.98. The van der Waals surface area contributed by atoms with E-state index in [1.54, 1.807) is 18.6 Å². The third kappa shape index (κ3) is 3.49. The van der Waals surface area contributed by atoms with Gasteiger partial charge in [-0.15, -0.1) is 0 Å². The number of carbonyl (C=O) groups is 1. The fraction of sp³-hybridized carbons (Fsp3) is 0.500. The maximum Gasteiger partial charge on any atom is 0.289 e. The SMILES string of the molecule is COc1cc(-c2cncn2C)nc(C(=O)NC2CCCCC2)n1. The molecule has 7 heteroatoms. The number of nitrogens with zero attached hydrogens (tertiary/aromatic N) is 4. The van der Waals surface area contributed by atoms with Crippen molar-refractivity contribution in [2.75, 3.05) is 7.11 Å². The van der Waals surface area contributed by atoms with E-state index in [2.05, 4.69) is 20.3 Å². The smallest absolute Gasteiger partial charge is 0.289 e. The summed E-state index contributed by atoms with van der Waals surface area (Å²) in [4.78, 5) is 25.1. The summed E-state index contributed by atoms with van der Waals surface area (Å²) >= 11 is 0. The van der Waals surface area contributed by atoms with Gasteiger partial charge in [0.2, 0.25) is 11.7 Å². The monoisotopic (exact) mass is 315 g/mol. The molecule has 2 aromatic heterocycles. The van der Waals surface area contributed by atoms with Crippen LogP contribution in [0.15, 0.2) is 18.6 Å². The molecule has 1 aliphatic carbocycles. The summed E-state index contributed by atoms with van der Waals surface area (Å²) in [7, 11) is 3.40. The first-order chi connectivity index (χ1) is 11.2. The van der Waals surface area contributed by atoms with E-state index >= 15 is 0 Å². The van der Waals surface area contributed by atoms with Crippen LogP contribution in [0.5, 0.6) is 5.88 Å². The van der Waals surface area contributed by atoms with Gasteiger partial charge < -0.3 is 14.6 Å². The predicted molar refractivity (Wildman–Crippen MR) is 85.1 cm³/mol. The van der Waals surface area contributed by atoms with Crippen molar-refractivity contribution in [3.8, 4) is 17.3 Å². The summed E-state index contributed by atoms with van der Waals surface area (Å²) < 4.78 is 7.05. The molecule has 1 amide bonds. The predicted octanol–water partition coefficient (Wildman–Crippen LogP) is 1.95. The number of rotatable bonds is 4. The van der Waals surface area contributed by atoms with Crippen molar-refractivity contribution in [2.24, 2.45) is 7.05 Å². The highest BCUT2D eigenvalue weighted by molar-refractivity contribution is 5.91. The molecule has 0 bridgehead atoms. The summed E-state index contributed by atoms with van der Waals surface area (Å²) in [6, 6.07) is 1.92. The topological polar surface area (TPSA) is 81.9 Å². The van der Waals surface area contributed by atoms with Crippen molar-refractivity contribution in [3.63, 3.8) is 0 Å². The maximum absolute atomic E-state index is 12.5. The summed E-state index contributed by atoms with van der Waals surface area (Å²) in [5.74, 6) is 0.246. The Labute approximate surface area is 135 Å². The van der Waals surface area contributed by atoms with E-state index < -0.39 is 0 Å². The van der Waals surface area contributed by atoms with Gasteiger partial charge in [0.25, 0.3) is 5.91 Å². The van der Waals surface area contributed by atoms with Crippen LogP contribution in [0, 0.1) is 0 Å². The van der Waals surface area contributed by atoms with Crippen LogP contribution >= 0.6 is 0 Å². The minimum absolute atomic E-state index is 0.131. The molecule has 0 aliphatic heterocycles. The van der Waals surface area contributed by atoms with Crippen molar-refractivity contribution in [3.05, 3.63) is 24.4 Å². The van der Waals surface area contributed by atoms with Crippen LogP contribution in [0.1, 0.15) is 42.7 Å². The van der Waals surface area contributed by atoms with E-state index in [1.807, 2.05) is 11.6 Å². The molecular weight excluding hydrogens is 294 g/mol. The second-order valence-corrected chi connectivity index (χ2v) is 5.82. The zero-order valence-electron chi connectivity index (χ0n) is 13.5. The van der Waals surface area contributed by atoms with Crippen LogP contribution in [-0.4, -0.2) is 38.6 Å². The van der Waals surface area contributed by atoms with Gasteiger partial charge in [0.05, 0.1) is 31.0 Å². The Balaban J connectivity index is 1.86. The Hall–Kier alpha value is -2.44. The number of aromatic nitrogens is 4. The minimum atomic E-state index is -0.251. The van der Waals surface area contributed by atoms with Crippen LogP contribution in [0.4, 0.5) is 0 Å². The number of ether oxygens (including phenoxy) is 1. The van der Waals surface area contributed by atoms with Crippen molar-refractivity contribution in [1.29, 1.82) is 0 Å². The van der Waals surface area contributed by atoms with Crippen molar-refractivity contribution >= 4 is 5.91 Å². The summed E-state index contributed by atoms with van der Waals surface area (Å²) in [5, 5.41) is 3.03. The van der Waals surface area contributed by atoms with Crippen molar-refractivity contribution in [1.82, 2.24) is 24.8 Å².